The van der Waals surface area contributed by atoms with Gasteiger partial charge in [0.25, 0.3) is 0 Å². The Balaban J connectivity index is 1.05. The van der Waals surface area contributed by atoms with Crippen molar-refractivity contribution in [2.75, 3.05) is 59.3 Å². The second kappa shape index (κ2) is 20.5. The van der Waals surface area contributed by atoms with E-state index in [4.69, 9.17) is 23.7 Å². The molecular formula is C31H44F3N5O8. The van der Waals surface area contributed by atoms with Gasteiger partial charge in [-0.25, -0.2) is 9.59 Å². The average molecular weight is 672 g/mol. The summed E-state index contributed by atoms with van der Waals surface area (Å²) >= 11 is 0. The van der Waals surface area contributed by atoms with Crippen molar-refractivity contribution >= 4 is 18.1 Å². The number of benzene rings is 1. The summed E-state index contributed by atoms with van der Waals surface area (Å²) in [6.07, 6.45) is 4.01. The molecule has 3 rings (SSSR count). The number of nitrogens with one attached hydrogen (secondary N) is 3. The lowest BCUT2D eigenvalue weighted by atomic mass is 10.0. The Bertz CT molecular complexity index is 1160. The molecule has 13 nitrogen and oxygen atoms in total. The number of carbonyl (C=O) groups is 3. The van der Waals surface area contributed by atoms with E-state index < -0.39 is 24.0 Å². The molecule has 0 saturated carbocycles. The van der Waals surface area contributed by atoms with Crippen LogP contribution < -0.4 is 16.0 Å². The summed E-state index contributed by atoms with van der Waals surface area (Å²) in [5.74, 6) is -0.140. The molecule has 16 heteroatoms. The first kappa shape index (κ1) is 37.7. The van der Waals surface area contributed by atoms with E-state index in [1.54, 1.807) is 0 Å². The minimum Gasteiger partial charge on any atom is -0.447 e. The maximum Gasteiger partial charge on any atom is 0.442 e. The summed E-state index contributed by atoms with van der Waals surface area (Å²) in [7, 11) is 0. The van der Waals surface area contributed by atoms with Crippen LogP contribution in [0.1, 0.15) is 56.1 Å². The van der Waals surface area contributed by atoms with Crippen molar-refractivity contribution < 1.29 is 51.2 Å². The Morgan fingerprint density at radius 1 is 0.787 bits per heavy atom. The number of halogens is 3. The molecule has 0 radical (unpaired) electrons. The Morgan fingerprint density at radius 3 is 2.11 bits per heavy atom. The molecule has 262 valence electrons. The Hall–Kier alpha value is -3.76. The lowest BCUT2D eigenvalue weighted by Gasteiger charge is -2.18. The van der Waals surface area contributed by atoms with E-state index in [0.717, 1.165) is 32.1 Å². The van der Waals surface area contributed by atoms with Crippen molar-refractivity contribution in [1.82, 2.24) is 16.0 Å². The van der Waals surface area contributed by atoms with Gasteiger partial charge in [-0.2, -0.15) is 13.2 Å². The number of alkyl carbamates (subject to hydrolysis) is 2. The molecule has 1 aromatic carbocycles. The number of nitrogens with zero attached hydrogens (tertiary/aromatic N) is 2. The molecule has 0 spiro atoms. The van der Waals surface area contributed by atoms with Gasteiger partial charge in [-0.3, -0.25) is 4.79 Å². The molecule has 1 atom stereocenters. The molecular weight excluding hydrogens is 627 g/mol. The smallest absolute Gasteiger partial charge is 0.442 e. The number of carbonyl (C=O) groups excluding carboxylic acids is 3. The Kier molecular flexibility index (Phi) is 16.4. The van der Waals surface area contributed by atoms with Crippen LogP contribution in [0.4, 0.5) is 22.8 Å². The van der Waals surface area contributed by atoms with E-state index >= 15 is 0 Å². The highest BCUT2D eigenvalue weighted by molar-refractivity contribution is 5.75. The standard InChI is InChI=1S/C31H44F3N5O8/c32-31(33,34)30(38-39-30)25-11-9-24(10-12-25)23-37-28(41)46-22-21-45-20-19-44-18-17-43-16-13-27(40)35-14-6-15-36-29(42)47-26-7-4-2-1-3-5-8-26/h1-2,9-12,26H,3-8,13-23H2,(H,35,40)(H,36,42)(H,37,41)/b2-1+. The van der Waals surface area contributed by atoms with Crippen molar-refractivity contribution in [3.8, 4) is 0 Å². The number of hydrogen-bond donors (Lipinski definition) is 3. The SMILES string of the molecule is O=C(CCOCCOCCOCCOC(=O)NCc1ccc(C2(C(F)(F)F)N=N2)cc1)NCCCNC(=O)OC1CC/C=C/CCC1. The first-order valence-corrected chi connectivity index (χ1v) is 15.8. The van der Waals surface area contributed by atoms with Crippen molar-refractivity contribution in [2.45, 2.75) is 69.4 Å². The molecule has 0 aromatic heterocycles. The average Bonchev–Trinajstić information content (AvgIpc) is 3.85. The van der Waals surface area contributed by atoms with Gasteiger partial charge < -0.3 is 39.6 Å². The third-order valence-corrected chi connectivity index (χ3v) is 7.10. The molecule has 0 fully saturated rings. The van der Waals surface area contributed by atoms with Gasteiger partial charge >= 0.3 is 24.0 Å². The number of amides is 3. The van der Waals surface area contributed by atoms with E-state index in [1.165, 1.54) is 24.3 Å². The van der Waals surface area contributed by atoms with Gasteiger partial charge in [-0.05, 0) is 44.1 Å². The number of alkyl halides is 3. The lowest BCUT2D eigenvalue weighted by molar-refractivity contribution is -0.166. The highest BCUT2D eigenvalue weighted by Crippen LogP contribution is 2.52. The van der Waals surface area contributed by atoms with E-state index in [2.05, 4.69) is 38.3 Å². The van der Waals surface area contributed by atoms with Crippen molar-refractivity contribution in [3.05, 3.63) is 47.5 Å². The highest BCUT2D eigenvalue weighted by Gasteiger charge is 2.65. The van der Waals surface area contributed by atoms with Crippen LogP contribution >= 0.6 is 0 Å². The molecule has 1 aliphatic carbocycles. The fourth-order valence-electron chi connectivity index (χ4n) is 4.45. The first-order chi connectivity index (χ1) is 22.7. The van der Waals surface area contributed by atoms with Crippen molar-refractivity contribution in [2.24, 2.45) is 10.2 Å². The quantitative estimate of drug-likeness (QED) is 0.134. The lowest BCUT2D eigenvalue weighted by Crippen LogP contribution is -2.32. The predicted octanol–water partition coefficient (Wildman–Crippen LogP) is 4.66. The second-order valence-corrected chi connectivity index (χ2v) is 10.8. The second-order valence-electron chi connectivity index (χ2n) is 10.8. The zero-order valence-corrected chi connectivity index (χ0v) is 26.4. The van der Waals surface area contributed by atoms with E-state index in [0.29, 0.717) is 44.9 Å². The van der Waals surface area contributed by atoms with Gasteiger partial charge in [0.15, 0.2) is 0 Å². The molecule has 3 amide bonds. The number of allylic oxidation sites excluding steroid dienone is 2. The molecule has 1 aliphatic heterocycles. The van der Waals surface area contributed by atoms with Crippen LogP contribution in [0.15, 0.2) is 46.6 Å². The number of ether oxygens (including phenoxy) is 5. The van der Waals surface area contributed by atoms with E-state index in [9.17, 15) is 27.6 Å². The largest absolute Gasteiger partial charge is 0.447 e. The Labute approximate surface area is 271 Å². The van der Waals surface area contributed by atoms with Crippen LogP contribution in [0, 0.1) is 0 Å². The van der Waals surface area contributed by atoms with Gasteiger partial charge in [-0.1, -0.05) is 36.4 Å². The monoisotopic (exact) mass is 671 g/mol. The summed E-state index contributed by atoms with van der Waals surface area (Å²) < 4.78 is 65.7. The minimum atomic E-state index is -4.59. The summed E-state index contributed by atoms with van der Waals surface area (Å²) in [5, 5.41) is 14.3. The van der Waals surface area contributed by atoms with Crippen LogP contribution in [-0.4, -0.2) is 89.7 Å². The fraction of sp³-hybridized carbons (Fsp3) is 0.645. The number of hydrogen-bond acceptors (Lipinski definition) is 10. The summed E-state index contributed by atoms with van der Waals surface area (Å²) in [6.45, 7) is 2.57. The molecule has 0 saturated heterocycles. The third-order valence-electron chi connectivity index (χ3n) is 7.10. The van der Waals surface area contributed by atoms with E-state index in [-0.39, 0.29) is 57.0 Å². The van der Waals surface area contributed by atoms with Crippen LogP contribution in [0.25, 0.3) is 0 Å². The first-order valence-electron chi connectivity index (χ1n) is 15.8. The molecule has 2 aliphatic rings. The van der Waals surface area contributed by atoms with Gasteiger partial charge in [0.2, 0.25) is 5.91 Å². The predicted molar refractivity (Wildman–Crippen MR) is 162 cm³/mol. The van der Waals surface area contributed by atoms with Gasteiger partial charge in [-0.15, -0.1) is 10.2 Å². The minimum absolute atomic E-state index is 0.00863. The normalized spacial score (nSPS) is 17.6. The highest BCUT2D eigenvalue weighted by atomic mass is 19.4. The fourth-order valence-corrected chi connectivity index (χ4v) is 4.45. The summed E-state index contributed by atoms with van der Waals surface area (Å²) in [5.41, 5.74) is -1.97. The molecule has 1 aromatic rings. The maximum absolute atomic E-state index is 13.1. The van der Waals surface area contributed by atoms with Crippen LogP contribution in [0.3, 0.4) is 0 Å². The van der Waals surface area contributed by atoms with Crippen LogP contribution in [-0.2, 0) is 40.7 Å². The molecule has 3 N–H and O–H groups in total. The summed E-state index contributed by atoms with van der Waals surface area (Å²) in [4.78, 5) is 35.7. The van der Waals surface area contributed by atoms with Gasteiger partial charge in [0.1, 0.15) is 12.7 Å². The van der Waals surface area contributed by atoms with Crippen molar-refractivity contribution in [3.63, 3.8) is 0 Å². The molecule has 47 heavy (non-hydrogen) atoms. The van der Waals surface area contributed by atoms with Crippen molar-refractivity contribution in [1.29, 1.82) is 0 Å². The Morgan fingerprint density at radius 2 is 1.43 bits per heavy atom. The molecule has 0 bridgehead atoms. The van der Waals surface area contributed by atoms with Crippen LogP contribution in [0.5, 0.6) is 0 Å². The zero-order valence-electron chi connectivity index (χ0n) is 26.4. The summed E-state index contributed by atoms with van der Waals surface area (Å²) in [6, 6.07) is 5.47. The zero-order chi connectivity index (χ0) is 33.8. The third kappa shape index (κ3) is 14.7. The van der Waals surface area contributed by atoms with Gasteiger partial charge in [0, 0.05) is 31.6 Å². The number of rotatable bonds is 20. The topological polar surface area (TPSA) is 158 Å². The maximum atomic E-state index is 13.1. The van der Waals surface area contributed by atoms with Crippen LogP contribution in [0.2, 0.25) is 0 Å². The molecule has 1 unspecified atom stereocenters. The van der Waals surface area contributed by atoms with Gasteiger partial charge in [0.05, 0.1) is 39.6 Å². The van der Waals surface area contributed by atoms with E-state index in [1.807, 2.05) is 0 Å². The molecule has 1 heterocycles.